The standard InChI is InChI=1S/C21H25ClN4O2/c1-14-24-12-17(13-25-14)21(28)26-19-7-5-16(6-8-19)20(27)23-10-9-15-3-2-4-18(22)11-15/h2-4,11-13,16,19H,5-10H2,1H3,(H,23,27)(H,26,28). The summed E-state index contributed by atoms with van der Waals surface area (Å²) in [7, 11) is 0. The summed E-state index contributed by atoms with van der Waals surface area (Å²) in [5, 5.41) is 6.75. The zero-order chi connectivity index (χ0) is 19.9. The van der Waals surface area contributed by atoms with E-state index >= 15 is 0 Å². The van der Waals surface area contributed by atoms with Gasteiger partial charge in [-0.3, -0.25) is 9.59 Å². The van der Waals surface area contributed by atoms with Gasteiger partial charge in [0.15, 0.2) is 0 Å². The number of amides is 2. The van der Waals surface area contributed by atoms with E-state index in [1.165, 1.54) is 12.4 Å². The molecule has 1 aliphatic carbocycles. The molecule has 1 aromatic carbocycles. The van der Waals surface area contributed by atoms with E-state index in [0.29, 0.717) is 23.0 Å². The fraction of sp³-hybridized carbons (Fsp3) is 0.429. The van der Waals surface area contributed by atoms with Gasteiger partial charge in [0.1, 0.15) is 5.82 Å². The van der Waals surface area contributed by atoms with Crippen LogP contribution in [0.5, 0.6) is 0 Å². The van der Waals surface area contributed by atoms with Crippen molar-refractivity contribution in [3.05, 3.63) is 58.6 Å². The Hall–Kier alpha value is -2.47. The van der Waals surface area contributed by atoms with Crippen LogP contribution >= 0.6 is 11.6 Å². The average molecular weight is 401 g/mol. The van der Waals surface area contributed by atoms with E-state index in [1.807, 2.05) is 24.3 Å². The molecule has 1 aliphatic rings. The first-order valence-corrected chi connectivity index (χ1v) is 10.0. The third-order valence-electron chi connectivity index (χ3n) is 5.08. The Bertz CT molecular complexity index is 817. The number of carbonyl (C=O) groups is 2. The Labute approximate surface area is 170 Å². The zero-order valence-corrected chi connectivity index (χ0v) is 16.7. The highest BCUT2D eigenvalue weighted by atomic mass is 35.5. The maximum atomic E-state index is 12.4. The number of benzene rings is 1. The van der Waals surface area contributed by atoms with Crippen molar-refractivity contribution in [1.29, 1.82) is 0 Å². The highest BCUT2D eigenvalue weighted by Gasteiger charge is 2.27. The molecule has 0 radical (unpaired) electrons. The first-order chi connectivity index (χ1) is 13.5. The lowest BCUT2D eigenvalue weighted by atomic mass is 9.85. The Kier molecular flexibility index (Phi) is 6.98. The van der Waals surface area contributed by atoms with Gasteiger partial charge in [0.25, 0.3) is 5.91 Å². The Morgan fingerprint density at radius 1 is 1.14 bits per heavy atom. The maximum absolute atomic E-state index is 12.4. The van der Waals surface area contributed by atoms with Crippen LogP contribution in [0.1, 0.15) is 47.4 Å². The molecule has 0 bridgehead atoms. The number of aryl methyl sites for hydroxylation is 1. The van der Waals surface area contributed by atoms with E-state index in [2.05, 4.69) is 20.6 Å². The zero-order valence-electron chi connectivity index (χ0n) is 16.0. The van der Waals surface area contributed by atoms with Crippen molar-refractivity contribution < 1.29 is 9.59 Å². The lowest BCUT2D eigenvalue weighted by Gasteiger charge is -2.28. The van der Waals surface area contributed by atoms with Crippen LogP contribution in [0.25, 0.3) is 0 Å². The SMILES string of the molecule is Cc1ncc(C(=O)NC2CCC(C(=O)NCCc3cccc(Cl)c3)CC2)cn1. The van der Waals surface area contributed by atoms with Crippen molar-refractivity contribution in [3.8, 4) is 0 Å². The van der Waals surface area contributed by atoms with Gasteiger partial charge in [0.05, 0.1) is 5.56 Å². The molecule has 2 aromatic rings. The molecule has 0 unspecified atom stereocenters. The van der Waals surface area contributed by atoms with Crippen LogP contribution in [0.4, 0.5) is 0 Å². The summed E-state index contributed by atoms with van der Waals surface area (Å²) in [6, 6.07) is 7.76. The molecule has 6 nitrogen and oxygen atoms in total. The van der Waals surface area contributed by atoms with E-state index in [-0.39, 0.29) is 23.8 Å². The van der Waals surface area contributed by atoms with Crippen molar-refractivity contribution in [2.45, 2.75) is 45.1 Å². The van der Waals surface area contributed by atoms with Gasteiger partial charge in [-0.15, -0.1) is 0 Å². The summed E-state index contributed by atoms with van der Waals surface area (Å²) in [5.41, 5.74) is 1.57. The number of hydrogen-bond acceptors (Lipinski definition) is 4. The normalized spacial score (nSPS) is 19.1. The molecule has 1 aromatic heterocycles. The molecular formula is C21H25ClN4O2. The van der Waals surface area contributed by atoms with Crippen LogP contribution < -0.4 is 10.6 Å². The fourth-order valence-electron chi connectivity index (χ4n) is 3.45. The number of rotatable bonds is 6. The van der Waals surface area contributed by atoms with Gasteiger partial charge >= 0.3 is 0 Å². The summed E-state index contributed by atoms with van der Waals surface area (Å²) < 4.78 is 0. The van der Waals surface area contributed by atoms with Gasteiger partial charge in [-0.1, -0.05) is 23.7 Å². The molecule has 1 saturated carbocycles. The van der Waals surface area contributed by atoms with Gasteiger partial charge < -0.3 is 10.6 Å². The molecule has 28 heavy (non-hydrogen) atoms. The van der Waals surface area contributed by atoms with Crippen molar-refractivity contribution >= 4 is 23.4 Å². The highest BCUT2D eigenvalue weighted by Crippen LogP contribution is 2.24. The Balaban J connectivity index is 1.38. The lowest BCUT2D eigenvalue weighted by molar-refractivity contribution is -0.126. The van der Waals surface area contributed by atoms with Gasteiger partial charge in [0.2, 0.25) is 5.91 Å². The topological polar surface area (TPSA) is 84.0 Å². The minimum atomic E-state index is -0.158. The molecule has 3 rings (SSSR count). The summed E-state index contributed by atoms with van der Waals surface area (Å²) in [6.07, 6.45) is 6.98. The smallest absolute Gasteiger partial charge is 0.254 e. The second-order valence-electron chi connectivity index (χ2n) is 7.21. The number of aromatic nitrogens is 2. The number of nitrogens with one attached hydrogen (secondary N) is 2. The minimum absolute atomic E-state index is 0.00946. The van der Waals surface area contributed by atoms with Crippen molar-refractivity contribution in [3.63, 3.8) is 0 Å². The summed E-state index contributed by atoms with van der Waals surface area (Å²) in [6.45, 7) is 2.38. The van der Waals surface area contributed by atoms with Crippen LogP contribution in [0.15, 0.2) is 36.7 Å². The van der Waals surface area contributed by atoms with Gasteiger partial charge in [-0.05, 0) is 56.7 Å². The first-order valence-electron chi connectivity index (χ1n) is 9.63. The van der Waals surface area contributed by atoms with Crippen molar-refractivity contribution in [1.82, 2.24) is 20.6 Å². The molecule has 148 valence electrons. The molecule has 0 aliphatic heterocycles. The van der Waals surface area contributed by atoms with Gasteiger partial charge in [0, 0.05) is 35.9 Å². The summed E-state index contributed by atoms with van der Waals surface area (Å²) in [4.78, 5) is 32.8. The molecule has 0 atom stereocenters. The third kappa shape index (κ3) is 5.76. The van der Waals surface area contributed by atoms with Crippen molar-refractivity contribution in [2.75, 3.05) is 6.54 Å². The fourth-order valence-corrected chi connectivity index (χ4v) is 3.66. The maximum Gasteiger partial charge on any atom is 0.254 e. The number of carbonyl (C=O) groups excluding carboxylic acids is 2. The quantitative estimate of drug-likeness (QED) is 0.780. The number of hydrogen-bond donors (Lipinski definition) is 2. The summed E-state index contributed by atoms with van der Waals surface area (Å²) in [5.74, 6) is 0.585. The van der Waals surface area contributed by atoms with E-state index < -0.39 is 0 Å². The van der Waals surface area contributed by atoms with Crippen LogP contribution in [0.2, 0.25) is 5.02 Å². The van der Waals surface area contributed by atoms with Crippen LogP contribution in [-0.4, -0.2) is 34.4 Å². The second kappa shape index (κ2) is 9.64. The first kappa shape index (κ1) is 20.3. The summed E-state index contributed by atoms with van der Waals surface area (Å²) >= 11 is 5.98. The minimum Gasteiger partial charge on any atom is -0.356 e. The van der Waals surface area contributed by atoms with E-state index in [9.17, 15) is 9.59 Å². The van der Waals surface area contributed by atoms with Gasteiger partial charge in [-0.2, -0.15) is 0 Å². The van der Waals surface area contributed by atoms with Gasteiger partial charge in [-0.25, -0.2) is 9.97 Å². The van der Waals surface area contributed by atoms with E-state index in [1.54, 1.807) is 6.92 Å². The van der Waals surface area contributed by atoms with Crippen LogP contribution in [-0.2, 0) is 11.2 Å². The predicted molar refractivity (Wildman–Crippen MR) is 108 cm³/mol. The molecule has 1 fully saturated rings. The molecule has 1 heterocycles. The molecule has 7 heteroatoms. The van der Waals surface area contributed by atoms with E-state index in [4.69, 9.17) is 11.6 Å². The number of nitrogens with zero attached hydrogens (tertiary/aromatic N) is 2. The molecule has 2 amide bonds. The average Bonchev–Trinajstić information content (AvgIpc) is 2.69. The molecular weight excluding hydrogens is 376 g/mol. The largest absolute Gasteiger partial charge is 0.356 e. The van der Waals surface area contributed by atoms with E-state index in [0.717, 1.165) is 37.7 Å². The highest BCUT2D eigenvalue weighted by molar-refractivity contribution is 6.30. The number of halogens is 1. The van der Waals surface area contributed by atoms with Crippen LogP contribution in [0.3, 0.4) is 0 Å². The molecule has 0 saturated heterocycles. The Morgan fingerprint density at radius 2 is 1.86 bits per heavy atom. The molecule has 0 spiro atoms. The third-order valence-corrected chi connectivity index (χ3v) is 5.31. The second-order valence-corrected chi connectivity index (χ2v) is 7.65. The Morgan fingerprint density at radius 3 is 2.54 bits per heavy atom. The monoisotopic (exact) mass is 400 g/mol. The lowest BCUT2D eigenvalue weighted by Crippen LogP contribution is -2.41. The molecule has 2 N–H and O–H groups in total. The van der Waals surface area contributed by atoms with Crippen LogP contribution in [0, 0.1) is 12.8 Å². The predicted octanol–water partition coefficient (Wildman–Crippen LogP) is 3.09. The van der Waals surface area contributed by atoms with Crippen molar-refractivity contribution in [2.24, 2.45) is 5.92 Å².